The third-order valence-electron chi connectivity index (χ3n) is 5.18. The van der Waals surface area contributed by atoms with Crippen LogP contribution in [0.2, 0.25) is 0 Å². The number of likely N-dealkylation sites (tertiary alicyclic amines) is 2. The van der Waals surface area contributed by atoms with Gasteiger partial charge in [-0.3, -0.25) is 4.99 Å². The fraction of sp³-hybridized carbons (Fsp3) is 0.947. The lowest BCUT2D eigenvalue weighted by molar-refractivity contribution is 0.159. The van der Waals surface area contributed by atoms with E-state index in [1.807, 2.05) is 7.05 Å². The van der Waals surface area contributed by atoms with Crippen LogP contribution < -0.4 is 10.6 Å². The highest BCUT2D eigenvalue weighted by Gasteiger charge is 2.20. The zero-order chi connectivity index (χ0) is 17.2. The molecule has 5 heteroatoms. The zero-order valence-corrected chi connectivity index (χ0v) is 16.2. The fourth-order valence-corrected chi connectivity index (χ4v) is 3.98. The molecule has 0 radical (unpaired) electrons. The van der Waals surface area contributed by atoms with Gasteiger partial charge in [0.15, 0.2) is 5.96 Å². The minimum Gasteiger partial charge on any atom is -0.356 e. The first-order chi connectivity index (χ1) is 11.7. The van der Waals surface area contributed by atoms with Gasteiger partial charge in [0.2, 0.25) is 0 Å². The molecule has 2 fully saturated rings. The molecule has 0 aromatic heterocycles. The van der Waals surface area contributed by atoms with Gasteiger partial charge in [0.1, 0.15) is 0 Å². The summed E-state index contributed by atoms with van der Waals surface area (Å²) in [6, 6.07) is 0. The first-order valence-electron chi connectivity index (χ1n) is 10.1. The quantitative estimate of drug-likeness (QED) is 0.551. The Labute approximate surface area is 149 Å². The van der Waals surface area contributed by atoms with Gasteiger partial charge < -0.3 is 20.4 Å². The largest absolute Gasteiger partial charge is 0.356 e. The average Bonchev–Trinajstić information content (AvgIpc) is 2.58. The van der Waals surface area contributed by atoms with E-state index in [0.717, 1.165) is 37.4 Å². The van der Waals surface area contributed by atoms with Crippen LogP contribution in [0, 0.1) is 11.8 Å². The Bertz CT molecular complexity index is 363. The van der Waals surface area contributed by atoms with Gasteiger partial charge in [-0.2, -0.15) is 0 Å². The van der Waals surface area contributed by atoms with Crippen molar-refractivity contribution >= 4 is 5.96 Å². The van der Waals surface area contributed by atoms with Crippen molar-refractivity contribution in [1.29, 1.82) is 0 Å². The molecule has 2 aliphatic heterocycles. The molecule has 0 spiro atoms. The summed E-state index contributed by atoms with van der Waals surface area (Å²) >= 11 is 0. The van der Waals surface area contributed by atoms with Crippen LogP contribution in [0.3, 0.4) is 0 Å². The van der Waals surface area contributed by atoms with Gasteiger partial charge in [-0.05, 0) is 57.2 Å². The van der Waals surface area contributed by atoms with Gasteiger partial charge in [-0.25, -0.2) is 0 Å². The first kappa shape index (κ1) is 19.5. The van der Waals surface area contributed by atoms with Crippen LogP contribution in [0.1, 0.15) is 46.0 Å². The van der Waals surface area contributed by atoms with E-state index in [4.69, 9.17) is 0 Å². The molecule has 0 aliphatic carbocycles. The summed E-state index contributed by atoms with van der Waals surface area (Å²) in [7, 11) is 1.88. The number of nitrogens with one attached hydrogen (secondary N) is 2. The Morgan fingerprint density at radius 3 is 2.50 bits per heavy atom. The Morgan fingerprint density at radius 1 is 1.04 bits per heavy atom. The van der Waals surface area contributed by atoms with Crippen molar-refractivity contribution in [2.24, 2.45) is 16.8 Å². The highest BCUT2D eigenvalue weighted by Crippen LogP contribution is 2.16. The van der Waals surface area contributed by atoms with Crippen LogP contribution in [-0.2, 0) is 0 Å². The fourth-order valence-electron chi connectivity index (χ4n) is 3.98. The Hall–Kier alpha value is -0.810. The van der Waals surface area contributed by atoms with E-state index in [2.05, 4.69) is 39.3 Å². The summed E-state index contributed by atoms with van der Waals surface area (Å²) in [4.78, 5) is 9.58. The van der Waals surface area contributed by atoms with Crippen LogP contribution in [0.5, 0.6) is 0 Å². The molecule has 5 nitrogen and oxygen atoms in total. The number of piperidine rings is 2. The second kappa shape index (κ2) is 10.9. The predicted octanol–water partition coefficient (Wildman–Crippen LogP) is 2.01. The van der Waals surface area contributed by atoms with Crippen LogP contribution in [0.4, 0.5) is 0 Å². The second-order valence-electron chi connectivity index (χ2n) is 7.94. The molecule has 140 valence electrons. The van der Waals surface area contributed by atoms with Crippen LogP contribution in [-0.4, -0.2) is 75.2 Å². The van der Waals surface area contributed by atoms with Crippen LogP contribution in [0.15, 0.2) is 4.99 Å². The molecule has 24 heavy (non-hydrogen) atoms. The van der Waals surface area contributed by atoms with Crippen molar-refractivity contribution < 1.29 is 0 Å². The molecular weight excluding hydrogens is 298 g/mol. The second-order valence-corrected chi connectivity index (χ2v) is 7.94. The number of hydrogen-bond donors (Lipinski definition) is 2. The monoisotopic (exact) mass is 337 g/mol. The lowest BCUT2D eigenvalue weighted by atomic mass is 9.97. The number of rotatable bonds is 7. The van der Waals surface area contributed by atoms with E-state index >= 15 is 0 Å². The molecule has 0 aromatic carbocycles. The smallest absolute Gasteiger partial charge is 0.191 e. The molecular formula is C19H39N5. The highest BCUT2D eigenvalue weighted by molar-refractivity contribution is 5.79. The molecule has 2 heterocycles. The summed E-state index contributed by atoms with van der Waals surface area (Å²) in [5.41, 5.74) is 0. The van der Waals surface area contributed by atoms with Crippen molar-refractivity contribution in [2.75, 3.05) is 59.4 Å². The van der Waals surface area contributed by atoms with Crippen LogP contribution in [0.25, 0.3) is 0 Å². The molecule has 2 rings (SSSR count). The van der Waals surface area contributed by atoms with E-state index in [9.17, 15) is 0 Å². The topological polar surface area (TPSA) is 42.9 Å². The Kier molecular flexibility index (Phi) is 8.89. The molecule has 0 aromatic rings. The first-order valence-corrected chi connectivity index (χ1v) is 10.1. The lowest BCUT2D eigenvalue weighted by Crippen LogP contribution is -2.46. The summed E-state index contributed by atoms with van der Waals surface area (Å²) in [6.07, 6.45) is 6.80. The van der Waals surface area contributed by atoms with Crippen LogP contribution >= 0.6 is 0 Å². The molecule has 2 saturated heterocycles. The van der Waals surface area contributed by atoms with Gasteiger partial charge >= 0.3 is 0 Å². The average molecular weight is 338 g/mol. The molecule has 0 bridgehead atoms. The lowest BCUT2D eigenvalue weighted by Gasteiger charge is -2.34. The van der Waals surface area contributed by atoms with Gasteiger partial charge in [0, 0.05) is 39.8 Å². The minimum atomic E-state index is 0.748. The van der Waals surface area contributed by atoms with E-state index in [0.29, 0.717) is 0 Å². The number of guanidine groups is 1. The molecule has 0 amide bonds. The Balaban J connectivity index is 1.61. The highest BCUT2D eigenvalue weighted by atomic mass is 15.2. The normalized spacial score (nSPS) is 24.3. The summed E-state index contributed by atoms with van der Waals surface area (Å²) in [6.45, 7) is 14.1. The minimum absolute atomic E-state index is 0.748. The summed E-state index contributed by atoms with van der Waals surface area (Å²) in [5, 5.41) is 7.03. The van der Waals surface area contributed by atoms with E-state index < -0.39 is 0 Å². The van der Waals surface area contributed by atoms with Crippen molar-refractivity contribution in [2.45, 2.75) is 46.0 Å². The maximum Gasteiger partial charge on any atom is 0.191 e. The summed E-state index contributed by atoms with van der Waals surface area (Å²) < 4.78 is 0. The number of aliphatic imine (C=N–C) groups is 1. The van der Waals surface area contributed by atoms with Crippen molar-refractivity contribution in [3.63, 3.8) is 0 Å². The van der Waals surface area contributed by atoms with Crippen molar-refractivity contribution in [3.05, 3.63) is 0 Å². The van der Waals surface area contributed by atoms with E-state index in [-0.39, 0.29) is 0 Å². The van der Waals surface area contributed by atoms with Crippen molar-refractivity contribution in [3.8, 4) is 0 Å². The third kappa shape index (κ3) is 7.39. The molecule has 1 atom stereocenters. The predicted molar refractivity (Wildman–Crippen MR) is 104 cm³/mol. The number of hydrogen-bond acceptors (Lipinski definition) is 3. The Morgan fingerprint density at radius 2 is 1.79 bits per heavy atom. The van der Waals surface area contributed by atoms with Gasteiger partial charge in [-0.1, -0.05) is 20.3 Å². The summed E-state index contributed by atoms with van der Waals surface area (Å²) in [5.74, 6) is 2.48. The maximum absolute atomic E-state index is 4.38. The van der Waals surface area contributed by atoms with Gasteiger partial charge in [-0.15, -0.1) is 0 Å². The molecule has 0 saturated carbocycles. The van der Waals surface area contributed by atoms with E-state index in [1.165, 1.54) is 64.8 Å². The molecule has 1 unspecified atom stereocenters. The standard InChI is InChI=1S/C19H39N5/c1-17(2)15-24-12-7-8-18(16-24)14-22-19(20-3)21-9-13-23-10-5-4-6-11-23/h17-18H,4-16H2,1-3H3,(H2,20,21,22). The van der Waals surface area contributed by atoms with Crippen molar-refractivity contribution in [1.82, 2.24) is 20.4 Å². The van der Waals surface area contributed by atoms with Gasteiger partial charge in [0.25, 0.3) is 0 Å². The molecule has 2 aliphatic rings. The maximum atomic E-state index is 4.38. The zero-order valence-electron chi connectivity index (χ0n) is 16.2. The van der Waals surface area contributed by atoms with E-state index in [1.54, 1.807) is 0 Å². The third-order valence-corrected chi connectivity index (χ3v) is 5.18. The molecule has 2 N–H and O–H groups in total. The SMILES string of the molecule is CN=C(NCCN1CCCCC1)NCC1CCCN(CC(C)C)C1. The van der Waals surface area contributed by atoms with Gasteiger partial charge in [0.05, 0.1) is 0 Å². The number of nitrogens with zero attached hydrogens (tertiary/aromatic N) is 3.